The molecule has 2 aromatic rings. The van der Waals surface area contributed by atoms with Crippen molar-refractivity contribution in [2.24, 2.45) is 17.8 Å². The highest BCUT2D eigenvalue weighted by Gasteiger charge is 2.47. The van der Waals surface area contributed by atoms with Crippen LogP contribution in [-0.2, 0) is 4.79 Å². The molecule has 25 heavy (non-hydrogen) atoms. The van der Waals surface area contributed by atoms with E-state index >= 15 is 0 Å². The molecule has 0 unspecified atom stereocenters. The average Bonchev–Trinajstić information content (AvgIpc) is 2.99. The summed E-state index contributed by atoms with van der Waals surface area (Å²) in [4.78, 5) is 32.3. The number of carboxylic acid groups (broad SMARTS) is 1. The molecule has 1 saturated heterocycles. The molecule has 1 amide bonds. The van der Waals surface area contributed by atoms with Crippen LogP contribution in [0.1, 0.15) is 28.2 Å². The van der Waals surface area contributed by atoms with E-state index in [1.807, 2.05) is 19.1 Å². The molecule has 2 aromatic heterocycles. The summed E-state index contributed by atoms with van der Waals surface area (Å²) >= 11 is 8.78. The molecule has 1 saturated carbocycles. The first kappa shape index (κ1) is 17.0. The molecule has 2 atom stereocenters. The minimum absolute atomic E-state index is 0.0882. The maximum Gasteiger partial charge on any atom is 0.308 e. The van der Waals surface area contributed by atoms with E-state index in [0.29, 0.717) is 33.9 Å². The van der Waals surface area contributed by atoms with Gasteiger partial charge in [-0.05, 0) is 43.7 Å². The van der Waals surface area contributed by atoms with Gasteiger partial charge in [-0.15, -0.1) is 22.7 Å². The van der Waals surface area contributed by atoms with Crippen molar-refractivity contribution in [2.75, 3.05) is 13.1 Å². The minimum Gasteiger partial charge on any atom is -0.481 e. The first-order valence-electron chi connectivity index (χ1n) is 8.19. The van der Waals surface area contributed by atoms with E-state index < -0.39 is 11.9 Å². The van der Waals surface area contributed by atoms with E-state index in [0.717, 1.165) is 22.7 Å². The highest BCUT2D eigenvalue weighted by Crippen LogP contribution is 2.44. The van der Waals surface area contributed by atoms with Crippen LogP contribution in [0.15, 0.2) is 12.1 Å². The topological polar surface area (TPSA) is 70.5 Å². The number of amides is 1. The van der Waals surface area contributed by atoms with Gasteiger partial charge < -0.3 is 10.0 Å². The van der Waals surface area contributed by atoms with Gasteiger partial charge in [0.05, 0.1) is 20.8 Å². The molecule has 2 fully saturated rings. The second-order valence-corrected chi connectivity index (χ2v) is 9.41. The number of carbonyl (C=O) groups excluding carboxylic acids is 1. The Bertz CT molecular complexity index is 843. The van der Waals surface area contributed by atoms with Crippen LogP contribution >= 0.6 is 34.3 Å². The smallest absolute Gasteiger partial charge is 0.308 e. The van der Waals surface area contributed by atoms with Crippen LogP contribution in [0, 0.1) is 24.7 Å². The van der Waals surface area contributed by atoms with E-state index in [1.165, 1.54) is 22.7 Å². The molecule has 3 heterocycles. The number of hydrogen-bond acceptors (Lipinski definition) is 5. The fourth-order valence-corrected chi connectivity index (χ4v) is 5.66. The van der Waals surface area contributed by atoms with Gasteiger partial charge in [0.2, 0.25) is 0 Å². The maximum absolute atomic E-state index is 13.0. The fourth-order valence-electron chi connectivity index (χ4n) is 3.53. The highest BCUT2D eigenvalue weighted by atomic mass is 35.5. The van der Waals surface area contributed by atoms with Crippen LogP contribution in [-0.4, -0.2) is 40.0 Å². The molecule has 1 N–H and O–H groups in total. The predicted octanol–water partition coefficient (Wildman–Crippen LogP) is 4.02. The molecule has 0 radical (unpaired) electrons. The monoisotopic (exact) mass is 396 g/mol. The molecule has 1 aliphatic heterocycles. The van der Waals surface area contributed by atoms with Gasteiger partial charge in [-0.2, -0.15) is 0 Å². The Hall–Kier alpha value is -1.44. The largest absolute Gasteiger partial charge is 0.481 e. The van der Waals surface area contributed by atoms with E-state index in [2.05, 4.69) is 4.98 Å². The van der Waals surface area contributed by atoms with Crippen LogP contribution in [0.2, 0.25) is 4.34 Å². The number of thiazole rings is 1. The average molecular weight is 397 g/mol. The van der Waals surface area contributed by atoms with Crippen molar-refractivity contribution in [1.82, 2.24) is 9.88 Å². The lowest BCUT2D eigenvalue weighted by atomic mass is 9.92. The summed E-state index contributed by atoms with van der Waals surface area (Å²) in [7, 11) is 0. The zero-order chi connectivity index (χ0) is 17.7. The van der Waals surface area contributed by atoms with Crippen LogP contribution < -0.4 is 0 Å². The zero-order valence-corrected chi connectivity index (χ0v) is 16.0. The summed E-state index contributed by atoms with van der Waals surface area (Å²) in [6.07, 6.45) is 2.17. The van der Waals surface area contributed by atoms with Crippen molar-refractivity contribution in [1.29, 1.82) is 0 Å². The third-order valence-corrected chi connectivity index (χ3v) is 7.52. The molecule has 0 bridgehead atoms. The minimum atomic E-state index is -0.790. The predicted molar refractivity (Wildman–Crippen MR) is 98.4 cm³/mol. The Labute approximate surface area is 158 Å². The number of nitrogens with zero attached hydrogens (tertiary/aromatic N) is 2. The van der Waals surface area contributed by atoms with Crippen molar-refractivity contribution in [3.05, 3.63) is 27.0 Å². The number of aryl methyl sites for hydroxylation is 1. The number of carbonyl (C=O) groups is 2. The number of thiophene rings is 1. The van der Waals surface area contributed by atoms with Crippen LogP contribution in [0.25, 0.3) is 9.88 Å². The van der Waals surface area contributed by atoms with Crippen molar-refractivity contribution < 1.29 is 14.7 Å². The summed E-state index contributed by atoms with van der Waals surface area (Å²) in [5.41, 5.74) is 0.691. The summed E-state index contributed by atoms with van der Waals surface area (Å²) in [5.74, 6) is -0.781. The lowest BCUT2D eigenvalue weighted by Crippen LogP contribution is -2.29. The van der Waals surface area contributed by atoms with Crippen LogP contribution in [0.3, 0.4) is 0 Å². The van der Waals surface area contributed by atoms with Gasteiger partial charge in [0, 0.05) is 13.1 Å². The maximum atomic E-state index is 13.0. The summed E-state index contributed by atoms with van der Waals surface area (Å²) in [5, 5.41) is 10.3. The Morgan fingerprint density at radius 2 is 2.04 bits per heavy atom. The van der Waals surface area contributed by atoms with Gasteiger partial charge in [-0.3, -0.25) is 9.59 Å². The Morgan fingerprint density at radius 3 is 2.64 bits per heavy atom. The Kier molecular flexibility index (Phi) is 4.33. The Balaban J connectivity index is 1.57. The molecule has 8 heteroatoms. The second-order valence-electron chi connectivity index (χ2n) is 6.69. The molecule has 0 aromatic carbocycles. The number of halogens is 1. The second kappa shape index (κ2) is 6.37. The third kappa shape index (κ3) is 3.20. The van der Waals surface area contributed by atoms with Crippen molar-refractivity contribution in [2.45, 2.75) is 19.8 Å². The standard InChI is InChI=1S/C17H17ClN2O3S2/c1-8-14(25-15(19-8)12-4-5-13(18)24-12)16(21)20-6-10(9-2-3-9)11(7-20)17(22)23/h4-5,9-11H,2-3,6-7H2,1H3,(H,22,23)/t10-,11+/m1/s1. The van der Waals surface area contributed by atoms with E-state index in [4.69, 9.17) is 11.6 Å². The van der Waals surface area contributed by atoms with Crippen molar-refractivity contribution in [3.63, 3.8) is 0 Å². The van der Waals surface area contributed by atoms with Crippen LogP contribution in [0.5, 0.6) is 0 Å². The molecule has 0 spiro atoms. The number of likely N-dealkylation sites (tertiary alicyclic amines) is 1. The fraction of sp³-hybridized carbons (Fsp3) is 0.471. The number of aromatic nitrogens is 1. The lowest BCUT2D eigenvalue weighted by molar-refractivity contribution is -0.142. The molecule has 1 aliphatic carbocycles. The molecule has 2 aliphatic rings. The number of hydrogen-bond donors (Lipinski definition) is 1. The molecular formula is C17H17ClN2O3S2. The molecular weight excluding hydrogens is 380 g/mol. The van der Waals surface area contributed by atoms with Crippen LogP contribution in [0.4, 0.5) is 0 Å². The highest BCUT2D eigenvalue weighted by molar-refractivity contribution is 7.24. The van der Waals surface area contributed by atoms with Gasteiger partial charge in [0.1, 0.15) is 9.88 Å². The summed E-state index contributed by atoms with van der Waals surface area (Å²) in [6, 6.07) is 3.72. The number of carboxylic acids is 1. The van der Waals surface area contributed by atoms with E-state index in [-0.39, 0.29) is 11.8 Å². The number of rotatable bonds is 4. The van der Waals surface area contributed by atoms with Gasteiger partial charge in [0.25, 0.3) is 5.91 Å². The molecule has 132 valence electrons. The van der Waals surface area contributed by atoms with Crippen molar-refractivity contribution in [3.8, 4) is 9.88 Å². The first-order chi connectivity index (χ1) is 11.9. The van der Waals surface area contributed by atoms with Gasteiger partial charge in [-0.1, -0.05) is 11.6 Å². The first-order valence-corrected chi connectivity index (χ1v) is 10.2. The zero-order valence-electron chi connectivity index (χ0n) is 13.6. The summed E-state index contributed by atoms with van der Waals surface area (Å²) < 4.78 is 0.687. The third-order valence-electron chi connectivity index (χ3n) is 4.97. The van der Waals surface area contributed by atoms with Gasteiger partial charge in [-0.25, -0.2) is 4.98 Å². The lowest BCUT2D eigenvalue weighted by Gasteiger charge is -2.15. The summed E-state index contributed by atoms with van der Waals surface area (Å²) in [6.45, 7) is 2.66. The van der Waals surface area contributed by atoms with Gasteiger partial charge >= 0.3 is 5.97 Å². The molecule has 4 rings (SSSR count). The number of aliphatic carboxylic acids is 1. The Morgan fingerprint density at radius 1 is 1.28 bits per heavy atom. The van der Waals surface area contributed by atoms with E-state index in [9.17, 15) is 14.7 Å². The SMILES string of the molecule is Cc1nc(-c2ccc(Cl)s2)sc1C(=O)N1C[C@H](C(=O)O)[C@@H](C2CC2)C1. The molecule has 5 nitrogen and oxygen atoms in total. The quantitative estimate of drug-likeness (QED) is 0.847. The normalized spacial score (nSPS) is 23.2. The van der Waals surface area contributed by atoms with Gasteiger partial charge in [0.15, 0.2) is 0 Å². The van der Waals surface area contributed by atoms with Crippen molar-refractivity contribution >= 4 is 46.2 Å². The van der Waals surface area contributed by atoms with E-state index in [1.54, 1.807) is 4.90 Å².